The molecule has 2 rings (SSSR count). The van der Waals surface area contributed by atoms with Crippen LogP contribution in [0.1, 0.15) is 24.0 Å². The van der Waals surface area contributed by atoms with Gasteiger partial charge in [0.25, 0.3) is 0 Å². The van der Waals surface area contributed by atoms with Crippen LogP contribution in [0.25, 0.3) is 0 Å². The van der Waals surface area contributed by atoms with Gasteiger partial charge in [-0.05, 0) is 24.0 Å². The minimum Gasteiger partial charge on any atom is -0.391 e. The van der Waals surface area contributed by atoms with Gasteiger partial charge in [-0.25, -0.2) is 0 Å². The van der Waals surface area contributed by atoms with Crippen molar-refractivity contribution in [1.29, 1.82) is 0 Å². The lowest BCUT2D eigenvalue weighted by atomic mass is 10.0. The van der Waals surface area contributed by atoms with E-state index in [0.29, 0.717) is 6.54 Å². The summed E-state index contributed by atoms with van der Waals surface area (Å²) < 4.78 is 5.08. The summed E-state index contributed by atoms with van der Waals surface area (Å²) in [6, 6.07) is 8.52. The van der Waals surface area contributed by atoms with Crippen LogP contribution in [0.5, 0.6) is 0 Å². The van der Waals surface area contributed by atoms with Gasteiger partial charge in [0.2, 0.25) is 5.91 Å². The van der Waals surface area contributed by atoms with Crippen LogP contribution >= 0.6 is 0 Å². The predicted molar refractivity (Wildman–Crippen MR) is 85.2 cm³/mol. The molecule has 22 heavy (non-hydrogen) atoms. The van der Waals surface area contributed by atoms with E-state index in [1.54, 1.807) is 7.11 Å². The molecule has 0 bridgehead atoms. The molecule has 1 saturated heterocycles. The number of carbonyl (C=O) groups is 1. The highest BCUT2D eigenvalue weighted by atomic mass is 16.5. The van der Waals surface area contributed by atoms with Gasteiger partial charge in [-0.1, -0.05) is 24.3 Å². The predicted octanol–water partition coefficient (Wildman–Crippen LogP) is 0.934. The molecule has 0 unspecified atom stereocenters. The second kappa shape index (κ2) is 8.27. The molecule has 1 amide bonds. The Balaban J connectivity index is 1.88. The quantitative estimate of drug-likeness (QED) is 0.701. The van der Waals surface area contributed by atoms with Gasteiger partial charge in [0.05, 0.1) is 6.10 Å². The van der Waals surface area contributed by atoms with Crippen LogP contribution in [0, 0.1) is 5.92 Å². The van der Waals surface area contributed by atoms with Crippen molar-refractivity contribution < 1.29 is 14.6 Å². The Morgan fingerprint density at radius 3 is 2.91 bits per heavy atom. The van der Waals surface area contributed by atoms with Gasteiger partial charge in [-0.2, -0.15) is 0 Å². The van der Waals surface area contributed by atoms with Gasteiger partial charge in [-0.15, -0.1) is 0 Å². The van der Waals surface area contributed by atoms with E-state index in [1.807, 2.05) is 0 Å². The van der Waals surface area contributed by atoms with Gasteiger partial charge in [0, 0.05) is 45.7 Å². The zero-order valence-electron chi connectivity index (χ0n) is 13.2. The highest BCUT2D eigenvalue weighted by Gasteiger charge is 2.32. The Morgan fingerprint density at radius 1 is 1.41 bits per heavy atom. The molecule has 2 atom stereocenters. The van der Waals surface area contributed by atoms with E-state index >= 15 is 0 Å². The number of ether oxygens (including phenoxy) is 1. The Labute approximate surface area is 132 Å². The fourth-order valence-electron chi connectivity index (χ4n) is 3.09. The molecule has 0 spiro atoms. The van der Waals surface area contributed by atoms with Crippen molar-refractivity contribution in [3.05, 3.63) is 35.4 Å². The molecule has 0 radical (unpaired) electrons. The first-order chi connectivity index (χ1) is 10.6. The van der Waals surface area contributed by atoms with Gasteiger partial charge < -0.3 is 15.6 Å². The number of likely N-dealkylation sites (tertiary alicyclic amines) is 1. The summed E-state index contributed by atoms with van der Waals surface area (Å²) in [6.07, 6.45) is 1.82. The smallest absolute Gasteiger partial charge is 0.217 e. The number of amides is 1. The second-order valence-corrected chi connectivity index (χ2v) is 6.11. The minimum absolute atomic E-state index is 0.0395. The van der Waals surface area contributed by atoms with Gasteiger partial charge in [-0.3, -0.25) is 9.69 Å². The molecule has 5 nitrogen and oxygen atoms in total. The summed E-state index contributed by atoms with van der Waals surface area (Å²) >= 11 is 0. The van der Waals surface area contributed by atoms with Crippen molar-refractivity contribution in [2.45, 2.75) is 31.9 Å². The number of hydrogen-bond acceptors (Lipinski definition) is 4. The van der Waals surface area contributed by atoms with Crippen molar-refractivity contribution in [2.24, 2.45) is 11.7 Å². The van der Waals surface area contributed by atoms with Crippen LogP contribution in [0.2, 0.25) is 0 Å². The third-order valence-corrected chi connectivity index (χ3v) is 4.16. The number of β-amino-alcohol motifs (C(OH)–C–C–N with tert-alkyl or cyclic N) is 1. The lowest BCUT2D eigenvalue weighted by molar-refractivity contribution is -0.119. The van der Waals surface area contributed by atoms with E-state index < -0.39 is 6.10 Å². The molecule has 3 N–H and O–H groups in total. The molecule has 1 aromatic rings. The minimum atomic E-state index is -0.461. The number of aryl methyl sites for hydroxylation is 1. The summed E-state index contributed by atoms with van der Waals surface area (Å²) in [5.74, 6) is -0.381. The highest BCUT2D eigenvalue weighted by molar-refractivity contribution is 5.74. The van der Waals surface area contributed by atoms with Crippen molar-refractivity contribution in [3.63, 3.8) is 0 Å². The van der Waals surface area contributed by atoms with Crippen molar-refractivity contribution in [3.8, 4) is 0 Å². The highest BCUT2D eigenvalue weighted by Crippen LogP contribution is 2.22. The van der Waals surface area contributed by atoms with E-state index in [4.69, 9.17) is 10.5 Å². The number of aliphatic hydroxyl groups is 1. The molecule has 0 aromatic heterocycles. The van der Waals surface area contributed by atoms with E-state index in [0.717, 1.165) is 32.5 Å². The molecule has 0 saturated carbocycles. The standard InChI is InChI=1S/C17H26N2O3/c1-22-7-3-6-13-4-2-5-14(8-13)10-19-11-15(9-17(18)21)16(20)12-19/h2,4-5,8,15-16,20H,3,6-7,9-12H2,1H3,(H2,18,21)/t15-,16-/m1/s1. The third-order valence-electron chi connectivity index (χ3n) is 4.16. The van der Waals surface area contributed by atoms with Crippen LogP contribution < -0.4 is 5.73 Å². The Hall–Kier alpha value is -1.43. The molecule has 122 valence electrons. The number of benzene rings is 1. The van der Waals surface area contributed by atoms with Gasteiger partial charge in [0.1, 0.15) is 0 Å². The first kappa shape index (κ1) is 16.9. The number of primary amides is 1. The number of nitrogens with zero attached hydrogens (tertiary/aromatic N) is 1. The number of hydrogen-bond donors (Lipinski definition) is 2. The van der Waals surface area contributed by atoms with Crippen molar-refractivity contribution in [1.82, 2.24) is 4.90 Å². The normalized spacial score (nSPS) is 22.1. The number of rotatable bonds is 8. The summed E-state index contributed by atoms with van der Waals surface area (Å²) in [6.45, 7) is 2.89. The molecule has 1 fully saturated rings. The zero-order valence-corrected chi connectivity index (χ0v) is 13.2. The van der Waals surface area contributed by atoms with E-state index in [1.165, 1.54) is 11.1 Å². The Kier molecular flexibility index (Phi) is 6.36. The molecule has 5 heteroatoms. The third kappa shape index (κ3) is 5.09. The van der Waals surface area contributed by atoms with Crippen LogP contribution in [0.15, 0.2) is 24.3 Å². The fraction of sp³-hybridized carbons (Fsp3) is 0.588. The molecular formula is C17H26N2O3. The van der Waals surface area contributed by atoms with Crippen LogP contribution in [-0.4, -0.2) is 48.8 Å². The summed E-state index contributed by atoms with van der Waals surface area (Å²) in [7, 11) is 1.72. The van der Waals surface area contributed by atoms with E-state index in [2.05, 4.69) is 29.2 Å². The SMILES string of the molecule is COCCCc1cccc(CN2C[C@@H](CC(N)=O)[C@H](O)C2)c1. The van der Waals surface area contributed by atoms with Crippen LogP contribution in [-0.2, 0) is 22.5 Å². The molecule has 1 heterocycles. The summed E-state index contributed by atoms with van der Waals surface area (Å²) in [4.78, 5) is 13.2. The number of nitrogens with two attached hydrogens (primary N) is 1. The lowest BCUT2D eigenvalue weighted by Crippen LogP contribution is -2.24. The maximum atomic E-state index is 11.0. The van der Waals surface area contributed by atoms with E-state index in [9.17, 15) is 9.90 Å². The largest absolute Gasteiger partial charge is 0.391 e. The Morgan fingerprint density at radius 2 is 2.18 bits per heavy atom. The molecular weight excluding hydrogens is 280 g/mol. The number of methoxy groups -OCH3 is 1. The maximum Gasteiger partial charge on any atom is 0.217 e. The molecule has 1 aliphatic rings. The van der Waals surface area contributed by atoms with E-state index in [-0.39, 0.29) is 18.2 Å². The van der Waals surface area contributed by atoms with Crippen molar-refractivity contribution >= 4 is 5.91 Å². The second-order valence-electron chi connectivity index (χ2n) is 6.11. The first-order valence-electron chi connectivity index (χ1n) is 7.84. The summed E-state index contributed by atoms with van der Waals surface area (Å²) in [5, 5.41) is 10.0. The monoisotopic (exact) mass is 306 g/mol. The molecule has 1 aliphatic heterocycles. The number of carbonyl (C=O) groups excluding carboxylic acids is 1. The van der Waals surface area contributed by atoms with Gasteiger partial charge >= 0.3 is 0 Å². The topological polar surface area (TPSA) is 75.8 Å². The zero-order chi connectivity index (χ0) is 15.9. The summed E-state index contributed by atoms with van der Waals surface area (Å²) in [5.41, 5.74) is 7.78. The van der Waals surface area contributed by atoms with Crippen LogP contribution in [0.4, 0.5) is 0 Å². The van der Waals surface area contributed by atoms with Crippen molar-refractivity contribution in [2.75, 3.05) is 26.8 Å². The molecule has 0 aliphatic carbocycles. The van der Waals surface area contributed by atoms with Crippen LogP contribution in [0.3, 0.4) is 0 Å². The lowest BCUT2D eigenvalue weighted by Gasteiger charge is -2.16. The fourth-order valence-corrected chi connectivity index (χ4v) is 3.09. The van der Waals surface area contributed by atoms with Gasteiger partial charge in [0.15, 0.2) is 0 Å². The first-order valence-corrected chi connectivity index (χ1v) is 7.84. The average molecular weight is 306 g/mol. The number of aliphatic hydroxyl groups excluding tert-OH is 1. The molecule has 1 aromatic carbocycles. The maximum absolute atomic E-state index is 11.0. The Bertz CT molecular complexity index is 493. The average Bonchev–Trinajstić information content (AvgIpc) is 2.78.